The Morgan fingerprint density at radius 3 is 2.71 bits per heavy atom. The number of hydrogen-bond acceptors (Lipinski definition) is 5. The Morgan fingerprint density at radius 1 is 1.38 bits per heavy atom. The molecule has 4 N–H and O–H groups in total. The van der Waals surface area contributed by atoms with Crippen molar-refractivity contribution in [2.24, 2.45) is 5.73 Å². The second-order valence-corrected chi connectivity index (χ2v) is 5.55. The summed E-state index contributed by atoms with van der Waals surface area (Å²) in [7, 11) is 0. The number of nitrogens with two attached hydrogens (primary N) is 1. The molecular formula is C15H18N6O3. The summed E-state index contributed by atoms with van der Waals surface area (Å²) in [4.78, 5) is 26.1. The molecule has 1 aliphatic rings. The van der Waals surface area contributed by atoms with E-state index in [-0.39, 0.29) is 31.6 Å². The van der Waals surface area contributed by atoms with Gasteiger partial charge >= 0.3 is 6.09 Å². The zero-order valence-corrected chi connectivity index (χ0v) is 12.9. The fourth-order valence-electron chi connectivity index (χ4n) is 2.69. The van der Waals surface area contributed by atoms with Gasteiger partial charge in [-0.2, -0.15) is 15.0 Å². The molecule has 1 aromatic carbocycles. The van der Waals surface area contributed by atoms with Crippen LogP contribution in [0, 0.1) is 0 Å². The second kappa shape index (κ2) is 6.67. The van der Waals surface area contributed by atoms with Gasteiger partial charge in [-0.3, -0.25) is 9.69 Å². The van der Waals surface area contributed by atoms with Gasteiger partial charge in [-0.1, -0.05) is 30.3 Å². The lowest BCUT2D eigenvalue weighted by molar-refractivity contribution is -0.137. The number of carbonyl (C=O) groups excluding carboxylic acids is 1. The lowest BCUT2D eigenvalue weighted by Gasteiger charge is -2.42. The lowest BCUT2D eigenvalue weighted by atomic mass is 9.96. The summed E-state index contributed by atoms with van der Waals surface area (Å²) < 4.78 is 0. The molecule has 0 bridgehead atoms. The molecule has 9 heteroatoms. The summed E-state index contributed by atoms with van der Waals surface area (Å²) in [6.07, 6.45) is 0.411. The lowest BCUT2D eigenvalue weighted by Crippen LogP contribution is -2.70. The molecule has 24 heavy (non-hydrogen) atoms. The third-order valence-corrected chi connectivity index (χ3v) is 3.91. The van der Waals surface area contributed by atoms with Crippen molar-refractivity contribution in [3.05, 3.63) is 47.8 Å². The predicted octanol–water partition coefficient (Wildman–Crippen LogP) is -0.216. The van der Waals surface area contributed by atoms with E-state index in [1.54, 1.807) is 6.20 Å². The highest BCUT2D eigenvalue weighted by molar-refractivity contribution is 5.92. The molecule has 1 aromatic heterocycles. The number of rotatable bonds is 6. The number of carboxylic acid groups (broad SMARTS) is 1. The van der Waals surface area contributed by atoms with Crippen LogP contribution in [0.2, 0.25) is 0 Å². The smallest absolute Gasteiger partial charge is 0.408 e. The van der Waals surface area contributed by atoms with Gasteiger partial charge in [0, 0.05) is 13.1 Å². The number of amides is 2. The summed E-state index contributed by atoms with van der Waals surface area (Å²) in [5.41, 5.74) is 6.95. The molecule has 1 aliphatic heterocycles. The van der Waals surface area contributed by atoms with Crippen molar-refractivity contribution >= 4 is 12.0 Å². The van der Waals surface area contributed by atoms with Crippen molar-refractivity contribution in [1.29, 1.82) is 0 Å². The maximum Gasteiger partial charge on any atom is 0.408 e. The normalized spacial score (nSPS) is 19.5. The van der Waals surface area contributed by atoms with Gasteiger partial charge in [0.05, 0.1) is 24.5 Å². The standard InChI is InChI=1S/C15H18N6O3/c16-6-11-7-17-21(19-11)9-12-13(14(22)18-12)20(15(23)24)8-10-4-2-1-3-5-10/h1-5,7,12-13H,6,8-9,16H2,(H,18,22)(H,23,24)/t12-,13+/m1/s1. The quantitative estimate of drug-likeness (QED) is 0.629. The van der Waals surface area contributed by atoms with Crippen molar-refractivity contribution in [3.8, 4) is 0 Å². The van der Waals surface area contributed by atoms with Crippen LogP contribution in [0.5, 0.6) is 0 Å². The molecule has 2 aromatic rings. The molecule has 0 saturated carbocycles. The first kappa shape index (κ1) is 15.9. The van der Waals surface area contributed by atoms with Crippen molar-refractivity contribution in [3.63, 3.8) is 0 Å². The topological polar surface area (TPSA) is 126 Å². The van der Waals surface area contributed by atoms with E-state index in [1.807, 2.05) is 30.3 Å². The SMILES string of the molecule is NCc1cnn(C[C@H]2NC(=O)[C@H]2N(Cc2ccccc2)C(=O)O)n1. The minimum atomic E-state index is -1.14. The number of nitrogens with one attached hydrogen (secondary N) is 1. The molecule has 2 heterocycles. The number of β-lactam (4-membered cyclic amide) rings is 1. The molecule has 0 unspecified atom stereocenters. The van der Waals surface area contributed by atoms with Crippen LogP contribution >= 0.6 is 0 Å². The third kappa shape index (κ3) is 3.20. The largest absolute Gasteiger partial charge is 0.465 e. The Balaban J connectivity index is 1.73. The van der Waals surface area contributed by atoms with E-state index in [4.69, 9.17) is 5.73 Å². The summed E-state index contributed by atoms with van der Waals surface area (Å²) in [5.74, 6) is -0.315. The van der Waals surface area contributed by atoms with E-state index in [0.717, 1.165) is 10.5 Å². The van der Waals surface area contributed by atoms with Crippen LogP contribution in [0.4, 0.5) is 4.79 Å². The van der Waals surface area contributed by atoms with Crippen molar-refractivity contribution in [2.45, 2.75) is 31.7 Å². The van der Waals surface area contributed by atoms with E-state index in [1.165, 1.54) is 4.80 Å². The van der Waals surface area contributed by atoms with Gasteiger partial charge in [0.1, 0.15) is 6.04 Å². The van der Waals surface area contributed by atoms with Gasteiger partial charge in [-0.15, -0.1) is 0 Å². The molecule has 1 fully saturated rings. The molecule has 2 atom stereocenters. The van der Waals surface area contributed by atoms with Crippen LogP contribution in [0.15, 0.2) is 36.5 Å². The fraction of sp³-hybridized carbons (Fsp3) is 0.333. The molecule has 9 nitrogen and oxygen atoms in total. The Kier molecular flexibility index (Phi) is 4.43. The molecule has 1 saturated heterocycles. The van der Waals surface area contributed by atoms with Crippen LogP contribution in [0.1, 0.15) is 11.3 Å². The zero-order valence-electron chi connectivity index (χ0n) is 12.9. The second-order valence-electron chi connectivity index (χ2n) is 5.55. The molecule has 2 amide bonds. The Labute approximate surface area is 138 Å². The average molecular weight is 330 g/mol. The van der Waals surface area contributed by atoms with Crippen LogP contribution < -0.4 is 11.1 Å². The maximum absolute atomic E-state index is 11.9. The summed E-state index contributed by atoms with van der Waals surface area (Å²) in [6, 6.07) is 8.01. The maximum atomic E-state index is 11.9. The molecule has 126 valence electrons. The van der Waals surface area contributed by atoms with E-state index in [9.17, 15) is 14.7 Å². The molecule has 0 spiro atoms. The van der Waals surface area contributed by atoms with Gasteiger partial charge in [0.15, 0.2) is 0 Å². The van der Waals surface area contributed by atoms with Crippen molar-refractivity contribution in [2.75, 3.05) is 0 Å². The zero-order chi connectivity index (χ0) is 17.1. The Bertz CT molecular complexity index is 732. The highest BCUT2D eigenvalue weighted by Crippen LogP contribution is 2.19. The minimum Gasteiger partial charge on any atom is -0.465 e. The Hall–Kier alpha value is -2.94. The van der Waals surface area contributed by atoms with Gasteiger partial charge < -0.3 is 16.2 Å². The van der Waals surface area contributed by atoms with Crippen molar-refractivity contribution < 1.29 is 14.7 Å². The molecule has 0 radical (unpaired) electrons. The fourth-order valence-corrected chi connectivity index (χ4v) is 2.69. The summed E-state index contributed by atoms with van der Waals surface area (Å²) >= 11 is 0. The minimum absolute atomic E-state index is 0.144. The van der Waals surface area contributed by atoms with Crippen LogP contribution in [0.3, 0.4) is 0 Å². The summed E-state index contributed by atoms with van der Waals surface area (Å²) in [6.45, 7) is 0.704. The third-order valence-electron chi connectivity index (χ3n) is 3.91. The highest BCUT2D eigenvalue weighted by Gasteiger charge is 2.46. The van der Waals surface area contributed by atoms with Crippen molar-refractivity contribution in [1.82, 2.24) is 25.2 Å². The van der Waals surface area contributed by atoms with Gasteiger partial charge in [0.2, 0.25) is 5.91 Å². The number of benzene rings is 1. The molecule has 0 aliphatic carbocycles. The molecular weight excluding hydrogens is 312 g/mol. The van der Waals surface area contributed by atoms with Crippen LogP contribution in [-0.2, 0) is 24.4 Å². The number of nitrogens with zero attached hydrogens (tertiary/aromatic N) is 4. The van der Waals surface area contributed by atoms with E-state index in [2.05, 4.69) is 15.5 Å². The van der Waals surface area contributed by atoms with E-state index < -0.39 is 12.1 Å². The first-order chi connectivity index (χ1) is 11.6. The number of hydrogen-bond donors (Lipinski definition) is 3. The van der Waals surface area contributed by atoms with E-state index >= 15 is 0 Å². The number of carbonyl (C=O) groups is 2. The molecule has 3 rings (SSSR count). The Morgan fingerprint density at radius 2 is 2.12 bits per heavy atom. The predicted molar refractivity (Wildman–Crippen MR) is 83.6 cm³/mol. The van der Waals surface area contributed by atoms with Gasteiger partial charge in [0.25, 0.3) is 0 Å². The van der Waals surface area contributed by atoms with Gasteiger partial charge in [-0.05, 0) is 5.56 Å². The summed E-state index contributed by atoms with van der Waals surface area (Å²) in [5, 5.41) is 20.4. The first-order valence-electron chi connectivity index (χ1n) is 7.51. The highest BCUT2D eigenvalue weighted by atomic mass is 16.4. The number of aromatic nitrogens is 3. The van der Waals surface area contributed by atoms with Crippen LogP contribution in [-0.4, -0.2) is 49.1 Å². The monoisotopic (exact) mass is 330 g/mol. The van der Waals surface area contributed by atoms with Crippen LogP contribution in [0.25, 0.3) is 0 Å². The first-order valence-corrected chi connectivity index (χ1v) is 7.51. The average Bonchev–Trinajstić information content (AvgIpc) is 3.02. The van der Waals surface area contributed by atoms with E-state index in [0.29, 0.717) is 5.69 Å². The van der Waals surface area contributed by atoms with Gasteiger partial charge in [-0.25, -0.2) is 4.79 Å².